The molecule has 5 heteroatoms. The molecule has 0 aromatic heterocycles. The Hall–Kier alpha value is -0.420. The van der Waals surface area contributed by atoms with Gasteiger partial charge >= 0.3 is 0 Å². The molecular formula is C15H30N4S. The molecule has 2 aliphatic rings. The summed E-state index contributed by atoms with van der Waals surface area (Å²) in [7, 11) is 0. The topological polar surface area (TPSA) is 39.7 Å². The minimum atomic E-state index is 0.743. The molecule has 1 unspecified atom stereocenters. The van der Waals surface area contributed by atoms with Gasteiger partial charge in [0.05, 0.1) is 6.54 Å². The van der Waals surface area contributed by atoms with Crippen LogP contribution in [0.5, 0.6) is 0 Å². The van der Waals surface area contributed by atoms with E-state index in [4.69, 9.17) is 4.99 Å². The maximum absolute atomic E-state index is 4.73. The van der Waals surface area contributed by atoms with Crippen molar-refractivity contribution in [1.29, 1.82) is 0 Å². The van der Waals surface area contributed by atoms with Crippen molar-refractivity contribution in [3.05, 3.63) is 0 Å². The van der Waals surface area contributed by atoms with Gasteiger partial charge in [-0.3, -0.25) is 4.99 Å². The molecule has 20 heavy (non-hydrogen) atoms. The van der Waals surface area contributed by atoms with Crippen LogP contribution >= 0.6 is 11.8 Å². The normalized spacial score (nSPS) is 24.9. The van der Waals surface area contributed by atoms with Gasteiger partial charge in [-0.25, -0.2) is 0 Å². The summed E-state index contributed by atoms with van der Waals surface area (Å²) in [5.74, 6) is 2.32. The van der Waals surface area contributed by atoms with Gasteiger partial charge in [-0.15, -0.1) is 0 Å². The lowest BCUT2D eigenvalue weighted by Gasteiger charge is -2.26. The van der Waals surface area contributed by atoms with Gasteiger partial charge in [0.15, 0.2) is 5.96 Å². The number of rotatable bonds is 6. The van der Waals surface area contributed by atoms with E-state index in [1.807, 2.05) is 0 Å². The van der Waals surface area contributed by atoms with Crippen LogP contribution in [0, 0.1) is 0 Å². The molecule has 2 aliphatic heterocycles. The zero-order chi connectivity index (χ0) is 14.0. The molecule has 0 spiro atoms. The molecule has 1 atom stereocenters. The lowest BCUT2D eigenvalue weighted by Crippen LogP contribution is -2.42. The van der Waals surface area contributed by atoms with Crippen molar-refractivity contribution >= 4 is 17.7 Å². The summed E-state index contributed by atoms with van der Waals surface area (Å²) in [5, 5.41) is 7.58. The number of guanidine groups is 1. The molecule has 4 nitrogen and oxygen atoms in total. The van der Waals surface area contributed by atoms with E-state index in [0.717, 1.165) is 37.4 Å². The van der Waals surface area contributed by atoms with Crippen molar-refractivity contribution in [2.24, 2.45) is 4.99 Å². The zero-order valence-corrected chi connectivity index (χ0v) is 13.7. The molecular weight excluding hydrogens is 268 g/mol. The van der Waals surface area contributed by atoms with Crippen LogP contribution in [0.3, 0.4) is 0 Å². The minimum absolute atomic E-state index is 0.743. The number of nitrogens with zero attached hydrogens (tertiary/aromatic N) is 2. The van der Waals surface area contributed by atoms with E-state index in [0.29, 0.717) is 0 Å². The van der Waals surface area contributed by atoms with E-state index in [9.17, 15) is 0 Å². The quantitative estimate of drug-likeness (QED) is 0.580. The minimum Gasteiger partial charge on any atom is -0.357 e. The molecule has 2 saturated heterocycles. The highest BCUT2D eigenvalue weighted by molar-refractivity contribution is 8.00. The van der Waals surface area contributed by atoms with Crippen LogP contribution < -0.4 is 10.6 Å². The van der Waals surface area contributed by atoms with E-state index < -0.39 is 0 Å². The molecule has 0 aliphatic carbocycles. The van der Waals surface area contributed by atoms with Crippen molar-refractivity contribution in [2.45, 2.75) is 44.3 Å². The number of aliphatic imine (C=N–C) groups is 1. The summed E-state index contributed by atoms with van der Waals surface area (Å²) in [6, 6.07) is 0. The fraction of sp³-hybridized carbons (Fsp3) is 0.933. The number of hydrogen-bond acceptors (Lipinski definition) is 3. The van der Waals surface area contributed by atoms with Crippen molar-refractivity contribution in [3.63, 3.8) is 0 Å². The lowest BCUT2D eigenvalue weighted by atomic mass is 10.1. The first-order valence-electron chi connectivity index (χ1n) is 8.24. The van der Waals surface area contributed by atoms with Crippen LogP contribution in [0.15, 0.2) is 4.99 Å². The summed E-state index contributed by atoms with van der Waals surface area (Å²) in [6.07, 6.45) is 6.85. The van der Waals surface area contributed by atoms with Crippen LogP contribution in [0.4, 0.5) is 0 Å². The number of nitrogens with one attached hydrogen (secondary N) is 2. The van der Waals surface area contributed by atoms with Gasteiger partial charge in [0.1, 0.15) is 0 Å². The van der Waals surface area contributed by atoms with E-state index in [1.54, 1.807) is 0 Å². The summed E-state index contributed by atoms with van der Waals surface area (Å²) in [4.78, 5) is 7.30. The Labute approximate surface area is 128 Å². The monoisotopic (exact) mass is 298 g/mol. The third kappa shape index (κ3) is 5.92. The second-order valence-corrected chi connectivity index (χ2v) is 7.09. The first kappa shape index (κ1) is 16.0. The van der Waals surface area contributed by atoms with E-state index >= 15 is 0 Å². The van der Waals surface area contributed by atoms with Crippen LogP contribution in [-0.2, 0) is 0 Å². The van der Waals surface area contributed by atoms with Crippen molar-refractivity contribution in [3.8, 4) is 0 Å². The van der Waals surface area contributed by atoms with Gasteiger partial charge in [0, 0.05) is 24.9 Å². The average molecular weight is 299 g/mol. The SMILES string of the molecule is CCNC(=NCC1CCCS1)NCCN1CCCCC1. The van der Waals surface area contributed by atoms with E-state index in [2.05, 4.69) is 34.2 Å². The van der Waals surface area contributed by atoms with Crippen LogP contribution in [0.1, 0.15) is 39.0 Å². The Balaban J connectivity index is 1.66. The van der Waals surface area contributed by atoms with Crippen LogP contribution in [-0.4, -0.2) is 61.1 Å². The Morgan fingerprint density at radius 3 is 2.75 bits per heavy atom. The second kappa shape index (κ2) is 9.50. The van der Waals surface area contributed by atoms with Crippen molar-refractivity contribution < 1.29 is 0 Å². The first-order valence-corrected chi connectivity index (χ1v) is 9.29. The summed E-state index contributed by atoms with van der Waals surface area (Å²) in [5.41, 5.74) is 0. The van der Waals surface area contributed by atoms with Gasteiger partial charge in [0.25, 0.3) is 0 Å². The maximum atomic E-state index is 4.73. The average Bonchev–Trinajstić information content (AvgIpc) is 2.99. The highest BCUT2D eigenvalue weighted by Crippen LogP contribution is 2.25. The predicted octanol–water partition coefficient (Wildman–Crippen LogP) is 1.92. The molecule has 2 heterocycles. The van der Waals surface area contributed by atoms with E-state index in [-0.39, 0.29) is 0 Å². The highest BCUT2D eigenvalue weighted by atomic mass is 32.2. The number of thioether (sulfide) groups is 1. The fourth-order valence-corrected chi connectivity index (χ4v) is 4.02. The van der Waals surface area contributed by atoms with E-state index in [1.165, 1.54) is 50.9 Å². The van der Waals surface area contributed by atoms with Gasteiger partial charge in [-0.1, -0.05) is 6.42 Å². The zero-order valence-electron chi connectivity index (χ0n) is 12.9. The fourth-order valence-electron chi connectivity index (χ4n) is 2.84. The molecule has 116 valence electrons. The molecule has 2 rings (SSSR count). The van der Waals surface area contributed by atoms with Gasteiger partial charge in [-0.05, 0) is 51.4 Å². The van der Waals surface area contributed by atoms with Gasteiger partial charge in [-0.2, -0.15) is 11.8 Å². The van der Waals surface area contributed by atoms with Crippen LogP contribution in [0.2, 0.25) is 0 Å². The summed E-state index contributed by atoms with van der Waals surface area (Å²) < 4.78 is 0. The predicted molar refractivity (Wildman–Crippen MR) is 89.8 cm³/mol. The molecule has 0 saturated carbocycles. The third-order valence-corrected chi connectivity index (χ3v) is 5.37. The Bertz CT molecular complexity index is 284. The second-order valence-electron chi connectivity index (χ2n) is 5.68. The smallest absolute Gasteiger partial charge is 0.191 e. The first-order chi connectivity index (χ1) is 9.88. The van der Waals surface area contributed by atoms with Crippen LogP contribution in [0.25, 0.3) is 0 Å². The van der Waals surface area contributed by atoms with Crippen molar-refractivity contribution in [1.82, 2.24) is 15.5 Å². The lowest BCUT2D eigenvalue weighted by molar-refractivity contribution is 0.232. The molecule has 2 N–H and O–H groups in total. The third-order valence-electron chi connectivity index (χ3n) is 3.99. The summed E-state index contributed by atoms with van der Waals surface area (Å²) in [6.45, 7) is 8.72. The summed E-state index contributed by atoms with van der Waals surface area (Å²) >= 11 is 2.08. The van der Waals surface area contributed by atoms with Gasteiger partial charge in [0.2, 0.25) is 0 Å². The highest BCUT2D eigenvalue weighted by Gasteiger charge is 2.15. The Morgan fingerprint density at radius 1 is 1.20 bits per heavy atom. The maximum Gasteiger partial charge on any atom is 0.191 e. The Morgan fingerprint density at radius 2 is 2.05 bits per heavy atom. The number of hydrogen-bond donors (Lipinski definition) is 2. The van der Waals surface area contributed by atoms with Crippen molar-refractivity contribution in [2.75, 3.05) is 45.0 Å². The number of likely N-dealkylation sites (tertiary alicyclic amines) is 1. The molecule has 0 amide bonds. The molecule has 0 aromatic rings. The largest absolute Gasteiger partial charge is 0.357 e. The Kier molecular flexibility index (Phi) is 7.58. The number of piperidine rings is 1. The molecule has 0 aromatic carbocycles. The molecule has 2 fully saturated rings. The van der Waals surface area contributed by atoms with Gasteiger partial charge < -0.3 is 15.5 Å². The molecule has 0 bridgehead atoms. The molecule has 0 radical (unpaired) electrons. The standard InChI is InChI=1S/C15H30N4S/c1-2-16-15(18-13-14-7-6-12-20-14)17-8-11-19-9-4-3-5-10-19/h14H,2-13H2,1H3,(H2,16,17,18).